The lowest BCUT2D eigenvalue weighted by atomic mass is 10.0. The van der Waals surface area contributed by atoms with E-state index in [-0.39, 0.29) is 17.1 Å². The number of fused-ring (bicyclic) bond motifs is 2. The third-order valence-corrected chi connectivity index (χ3v) is 5.95. The number of para-hydroxylation sites is 1. The minimum absolute atomic E-state index is 0.137. The summed E-state index contributed by atoms with van der Waals surface area (Å²) in [6, 6.07) is 20.0. The largest absolute Gasteiger partial charge is 0.486 e. The van der Waals surface area contributed by atoms with Crippen LogP contribution < -0.4 is 14.2 Å². The van der Waals surface area contributed by atoms with Crippen molar-refractivity contribution in [3.05, 3.63) is 95.4 Å². The van der Waals surface area contributed by atoms with Gasteiger partial charge in [-0.25, -0.2) is 9.48 Å². The monoisotopic (exact) mass is 480 g/mol. The molecule has 0 saturated carbocycles. The average Bonchev–Trinajstić information content (AvgIpc) is 3.49. The van der Waals surface area contributed by atoms with E-state index in [4.69, 9.17) is 24.0 Å². The molecule has 178 valence electrons. The van der Waals surface area contributed by atoms with Crippen LogP contribution >= 0.6 is 0 Å². The number of esters is 1. The van der Waals surface area contributed by atoms with E-state index in [1.807, 2.05) is 54.7 Å². The minimum atomic E-state index is -0.520. The van der Waals surface area contributed by atoms with Crippen LogP contribution in [-0.4, -0.2) is 41.9 Å². The lowest BCUT2D eigenvalue weighted by Crippen LogP contribution is -2.15. The van der Waals surface area contributed by atoms with Crippen molar-refractivity contribution in [2.45, 2.75) is 0 Å². The molecule has 0 fully saturated rings. The Hall–Kier alpha value is -4.85. The summed E-state index contributed by atoms with van der Waals surface area (Å²) in [6.07, 6.45) is 3.51. The number of allylic oxidation sites excluding steroid dienone is 1. The Morgan fingerprint density at radius 2 is 1.75 bits per heavy atom. The van der Waals surface area contributed by atoms with Crippen LogP contribution in [0.4, 0.5) is 0 Å². The molecule has 0 bridgehead atoms. The van der Waals surface area contributed by atoms with Crippen LogP contribution in [0.15, 0.2) is 78.7 Å². The number of benzene rings is 3. The molecule has 3 heterocycles. The van der Waals surface area contributed by atoms with E-state index in [0.717, 1.165) is 11.3 Å². The van der Waals surface area contributed by atoms with E-state index in [1.165, 1.54) is 13.2 Å². The first-order chi connectivity index (χ1) is 17.6. The second-order valence-corrected chi connectivity index (χ2v) is 8.21. The Balaban J connectivity index is 1.43. The van der Waals surface area contributed by atoms with Crippen LogP contribution in [0.25, 0.3) is 23.0 Å². The van der Waals surface area contributed by atoms with E-state index in [1.54, 1.807) is 22.9 Å². The zero-order valence-electron chi connectivity index (χ0n) is 19.3. The lowest BCUT2D eigenvalue weighted by molar-refractivity contribution is 0.0600. The fraction of sp³-hybridized carbons (Fsp3) is 0.107. The average molecular weight is 480 g/mol. The number of carbonyl (C=O) groups is 2. The summed E-state index contributed by atoms with van der Waals surface area (Å²) in [5, 5.41) is 4.81. The molecule has 0 spiro atoms. The summed E-state index contributed by atoms with van der Waals surface area (Å²) in [7, 11) is 1.29. The Morgan fingerprint density at radius 3 is 2.56 bits per heavy atom. The third-order valence-electron chi connectivity index (χ3n) is 5.95. The van der Waals surface area contributed by atoms with E-state index < -0.39 is 5.97 Å². The predicted octanol–water partition coefficient (Wildman–Crippen LogP) is 4.71. The normalized spacial score (nSPS) is 14.9. The number of ketones is 1. The van der Waals surface area contributed by atoms with E-state index >= 15 is 0 Å². The zero-order chi connectivity index (χ0) is 24.6. The quantitative estimate of drug-likeness (QED) is 0.309. The molecule has 36 heavy (non-hydrogen) atoms. The molecule has 8 nitrogen and oxygen atoms in total. The van der Waals surface area contributed by atoms with Gasteiger partial charge in [0.05, 0.1) is 23.9 Å². The Labute approximate surface area is 206 Å². The summed E-state index contributed by atoms with van der Waals surface area (Å²) >= 11 is 0. The van der Waals surface area contributed by atoms with Gasteiger partial charge in [0.15, 0.2) is 17.3 Å². The van der Waals surface area contributed by atoms with E-state index in [9.17, 15) is 9.59 Å². The molecule has 0 unspecified atom stereocenters. The smallest absolute Gasteiger partial charge is 0.337 e. The van der Waals surface area contributed by atoms with Crippen LogP contribution in [0, 0.1) is 0 Å². The first kappa shape index (κ1) is 21.7. The fourth-order valence-electron chi connectivity index (χ4n) is 4.20. The molecule has 0 saturated heterocycles. The number of hydrogen-bond donors (Lipinski definition) is 0. The molecular weight excluding hydrogens is 460 g/mol. The molecule has 2 aliphatic rings. The van der Waals surface area contributed by atoms with Crippen molar-refractivity contribution in [1.82, 2.24) is 9.78 Å². The van der Waals surface area contributed by atoms with Gasteiger partial charge in [0.2, 0.25) is 5.78 Å². The highest BCUT2D eigenvalue weighted by molar-refractivity contribution is 6.15. The zero-order valence-corrected chi connectivity index (χ0v) is 19.3. The molecule has 2 aliphatic heterocycles. The SMILES string of the molecule is COC(=O)c1ccc2c(c1)C(=O)/C(=C/c1cn(-c3ccccc3)nc1-c1ccc3c(c1)OCCO3)O2. The topological polar surface area (TPSA) is 88.9 Å². The van der Waals surface area contributed by atoms with Crippen LogP contribution in [0.3, 0.4) is 0 Å². The number of hydrogen-bond acceptors (Lipinski definition) is 7. The van der Waals surface area contributed by atoms with Crippen molar-refractivity contribution in [1.29, 1.82) is 0 Å². The maximum atomic E-state index is 13.2. The minimum Gasteiger partial charge on any atom is -0.486 e. The van der Waals surface area contributed by atoms with Crippen molar-refractivity contribution in [2.24, 2.45) is 0 Å². The van der Waals surface area contributed by atoms with Gasteiger partial charge in [0.1, 0.15) is 24.7 Å². The second-order valence-electron chi connectivity index (χ2n) is 8.21. The number of Topliss-reactive ketones (excluding diaryl/α,β-unsaturated/α-hetero) is 1. The van der Waals surface area contributed by atoms with Gasteiger partial charge in [-0.15, -0.1) is 0 Å². The van der Waals surface area contributed by atoms with Gasteiger partial charge in [-0.2, -0.15) is 5.10 Å². The molecule has 0 N–H and O–H groups in total. The number of aromatic nitrogens is 2. The summed E-state index contributed by atoms with van der Waals surface area (Å²) in [5.74, 6) is 0.999. The Morgan fingerprint density at radius 1 is 0.972 bits per heavy atom. The standard InChI is InChI=1S/C28H20N2O6/c1-33-28(32)18-8-9-22-21(13-18)27(31)25(36-22)15-19-16-30(20-5-3-2-4-6-20)29-26(19)17-7-10-23-24(14-17)35-12-11-34-23/h2-10,13-16H,11-12H2,1H3/b25-15-. The van der Waals surface area contributed by atoms with Crippen LogP contribution in [-0.2, 0) is 4.74 Å². The number of carbonyl (C=O) groups excluding carboxylic acids is 2. The van der Waals surface area contributed by atoms with Gasteiger partial charge in [0.25, 0.3) is 0 Å². The van der Waals surface area contributed by atoms with Gasteiger partial charge in [0, 0.05) is 17.3 Å². The van der Waals surface area contributed by atoms with Gasteiger partial charge in [-0.05, 0) is 54.6 Å². The maximum absolute atomic E-state index is 13.2. The highest BCUT2D eigenvalue weighted by Gasteiger charge is 2.29. The molecule has 1 aromatic heterocycles. The van der Waals surface area contributed by atoms with Gasteiger partial charge < -0.3 is 18.9 Å². The molecule has 8 heteroatoms. The maximum Gasteiger partial charge on any atom is 0.337 e. The molecular formula is C28H20N2O6. The summed E-state index contributed by atoms with van der Waals surface area (Å²) in [5.41, 5.74) is 3.58. The van der Waals surface area contributed by atoms with Crippen molar-refractivity contribution in [3.63, 3.8) is 0 Å². The summed E-state index contributed by atoms with van der Waals surface area (Å²) in [6.45, 7) is 0.976. The van der Waals surface area contributed by atoms with Crippen LogP contribution in [0.2, 0.25) is 0 Å². The number of methoxy groups -OCH3 is 1. The number of ether oxygens (including phenoxy) is 4. The molecule has 4 aromatic rings. The Bertz CT molecular complexity index is 1540. The van der Waals surface area contributed by atoms with Gasteiger partial charge in [-0.3, -0.25) is 4.79 Å². The first-order valence-electron chi connectivity index (χ1n) is 11.3. The van der Waals surface area contributed by atoms with Crippen LogP contribution in [0.5, 0.6) is 17.2 Å². The number of rotatable bonds is 4. The van der Waals surface area contributed by atoms with Crippen molar-refractivity contribution >= 4 is 17.8 Å². The Kier molecular flexibility index (Phi) is 5.26. The lowest BCUT2D eigenvalue weighted by Gasteiger charge is -2.18. The van der Waals surface area contributed by atoms with Gasteiger partial charge >= 0.3 is 5.97 Å². The van der Waals surface area contributed by atoms with E-state index in [2.05, 4.69) is 0 Å². The second kappa shape index (κ2) is 8.74. The fourth-order valence-corrected chi connectivity index (χ4v) is 4.20. The predicted molar refractivity (Wildman–Crippen MR) is 131 cm³/mol. The highest BCUT2D eigenvalue weighted by Crippen LogP contribution is 2.37. The van der Waals surface area contributed by atoms with Crippen molar-refractivity contribution in [2.75, 3.05) is 20.3 Å². The molecule has 0 radical (unpaired) electrons. The van der Waals surface area contributed by atoms with Crippen LogP contribution in [0.1, 0.15) is 26.3 Å². The van der Waals surface area contributed by atoms with E-state index in [0.29, 0.717) is 47.3 Å². The molecule has 3 aromatic carbocycles. The first-order valence-corrected chi connectivity index (χ1v) is 11.3. The summed E-state index contributed by atoms with van der Waals surface area (Å²) in [4.78, 5) is 25.1. The molecule has 0 amide bonds. The third kappa shape index (κ3) is 3.78. The molecule has 0 aliphatic carbocycles. The molecule has 6 rings (SSSR count). The van der Waals surface area contributed by atoms with Crippen molar-refractivity contribution < 1.29 is 28.5 Å². The number of nitrogens with zero attached hydrogens (tertiary/aromatic N) is 2. The van der Waals surface area contributed by atoms with Gasteiger partial charge in [-0.1, -0.05) is 18.2 Å². The highest BCUT2D eigenvalue weighted by atomic mass is 16.6. The molecule has 0 atom stereocenters. The summed E-state index contributed by atoms with van der Waals surface area (Å²) < 4.78 is 23.8. The van der Waals surface area contributed by atoms with Crippen molar-refractivity contribution in [3.8, 4) is 34.2 Å².